The summed E-state index contributed by atoms with van der Waals surface area (Å²) in [7, 11) is 1.33. The maximum absolute atomic E-state index is 13.4. The number of pyridine rings is 1. The van der Waals surface area contributed by atoms with Crippen molar-refractivity contribution in [2.75, 3.05) is 7.11 Å². The molecule has 0 saturated carbocycles. The molecule has 6 nitrogen and oxygen atoms in total. The Balaban J connectivity index is 1.91. The molecule has 162 valence electrons. The first-order valence-electron chi connectivity index (χ1n) is 10.4. The smallest absolute Gasteiger partial charge is 0.336 e. The molecule has 4 aromatic rings. The van der Waals surface area contributed by atoms with E-state index in [1.807, 2.05) is 50.2 Å². The van der Waals surface area contributed by atoms with Crippen molar-refractivity contribution in [2.45, 2.75) is 25.8 Å². The number of ether oxygens (including phenoxy) is 1. The van der Waals surface area contributed by atoms with Gasteiger partial charge in [-0.2, -0.15) is 0 Å². The first-order valence-corrected chi connectivity index (χ1v) is 10.4. The van der Waals surface area contributed by atoms with Crippen LogP contribution in [0, 0.1) is 13.8 Å². The van der Waals surface area contributed by atoms with E-state index in [0.717, 1.165) is 27.6 Å². The number of hydrogen-bond donors (Lipinski definition) is 2. The number of hydrogen-bond acceptors (Lipinski definition) is 4. The van der Waals surface area contributed by atoms with Gasteiger partial charge < -0.3 is 15.0 Å². The number of carbonyl (C=O) groups is 2. The number of benzene rings is 2. The van der Waals surface area contributed by atoms with E-state index in [2.05, 4.69) is 21.4 Å². The summed E-state index contributed by atoms with van der Waals surface area (Å²) in [6, 6.07) is 18.9. The Labute approximate surface area is 186 Å². The molecule has 1 atom stereocenters. The second-order valence-corrected chi connectivity index (χ2v) is 7.99. The van der Waals surface area contributed by atoms with Crippen LogP contribution in [-0.4, -0.2) is 29.0 Å². The molecule has 2 aromatic carbocycles. The highest BCUT2D eigenvalue weighted by Crippen LogP contribution is 2.34. The van der Waals surface area contributed by atoms with Gasteiger partial charge in [-0.3, -0.25) is 9.78 Å². The third kappa shape index (κ3) is 3.99. The van der Waals surface area contributed by atoms with E-state index in [0.29, 0.717) is 5.56 Å². The van der Waals surface area contributed by atoms with E-state index in [-0.39, 0.29) is 12.1 Å². The molecule has 0 radical (unpaired) electrons. The number of amides is 1. The number of aryl methyl sites for hydroxylation is 2. The van der Waals surface area contributed by atoms with E-state index in [1.165, 1.54) is 7.11 Å². The van der Waals surface area contributed by atoms with Crippen molar-refractivity contribution in [3.8, 4) is 0 Å². The summed E-state index contributed by atoms with van der Waals surface area (Å²) in [6.45, 7) is 4.02. The fourth-order valence-electron chi connectivity index (χ4n) is 4.27. The van der Waals surface area contributed by atoms with Crippen molar-refractivity contribution in [3.63, 3.8) is 0 Å². The molecule has 0 aliphatic rings. The molecular formula is C26H25N3O3. The van der Waals surface area contributed by atoms with Crippen molar-refractivity contribution in [2.24, 2.45) is 0 Å². The fraction of sp³-hybridized carbons (Fsp3) is 0.192. The monoisotopic (exact) mass is 427 g/mol. The molecule has 1 unspecified atom stereocenters. The lowest BCUT2D eigenvalue weighted by atomic mass is 9.82. The minimum atomic E-state index is -1.46. The normalized spacial score (nSPS) is 12.8. The lowest BCUT2D eigenvalue weighted by molar-refractivity contribution is -0.148. The number of para-hydroxylation sites is 1. The standard InChI is InChI=1S/C26H25N3O3/c1-17-12-18(2)14-19(13-17)15-26(25(31)32-3,29-24(30)23-10-6-7-11-27-23)21-16-28-22-9-5-4-8-20(21)22/h4-14,16,28H,15H2,1-3H3,(H,29,30). The van der Waals surface area contributed by atoms with Crippen LogP contribution >= 0.6 is 0 Å². The zero-order valence-corrected chi connectivity index (χ0v) is 18.3. The van der Waals surface area contributed by atoms with Gasteiger partial charge in [0.15, 0.2) is 5.54 Å². The Morgan fingerprint density at radius 3 is 2.44 bits per heavy atom. The molecule has 0 aliphatic carbocycles. The van der Waals surface area contributed by atoms with Crippen LogP contribution in [0.1, 0.15) is 32.7 Å². The largest absolute Gasteiger partial charge is 0.467 e. The number of esters is 1. The van der Waals surface area contributed by atoms with Crippen LogP contribution in [0.15, 0.2) is 73.1 Å². The molecule has 2 heterocycles. The number of aromatic amines is 1. The van der Waals surface area contributed by atoms with Crippen LogP contribution in [0.2, 0.25) is 0 Å². The predicted octanol–water partition coefficient (Wildman–Crippen LogP) is 4.22. The van der Waals surface area contributed by atoms with Gasteiger partial charge in [-0.15, -0.1) is 0 Å². The Morgan fingerprint density at radius 1 is 1.03 bits per heavy atom. The van der Waals surface area contributed by atoms with Gasteiger partial charge in [0, 0.05) is 35.3 Å². The number of carbonyl (C=O) groups excluding carboxylic acids is 2. The number of fused-ring (bicyclic) bond motifs is 1. The first-order chi connectivity index (χ1) is 15.4. The van der Waals surface area contributed by atoms with Crippen molar-refractivity contribution in [1.82, 2.24) is 15.3 Å². The zero-order valence-electron chi connectivity index (χ0n) is 18.3. The molecule has 1 amide bonds. The summed E-state index contributed by atoms with van der Waals surface area (Å²) >= 11 is 0. The van der Waals surface area contributed by atoms with Crippen LogP contribution in [0.4, 0.5) is 0 Å². The van der Waals surface area contributed by atoms with Gasteiger partial charge in [0.25, 0.3) is 5.91 Å². The molecular weight excluding hydrogens is 402 g/mol. The number of H-pyrrole nitrogens is 1. The molecule has 0 aliphatic heterocycles. The Morgan fingerprint density at radius 2 is 1.75 bits per heavy atom. The number of rotatable bonds is 6. The molecule has 0 fully saturated rings. The van der Waals surface area contributed by atoms with Gasteiger partial charge in [0.1, 0.15) is 5.69 Å². The molecule has 32 heavy (non-hydrogen) atoms. The minimum Gasteiger partial charge on any atom is -0.467 e. The summed E-state index contributed by atoms with van der Waals surface area (Å²) in [6.07, 6.45) is 3.54. The van der Waals surface area contributed by atoms with E-state index >= 15 is 0 Å². The average Bonchev–Trinajstić information content (AvgIpc) is 3.22. The topological polar surface area (TPSA) is 84.1 Å². The average molecular weight is 428 g/mol. The van der Waals surface area contributed by atoms with Crippen molar-refractivity contribution < 1.29 is 14.3 Å². The van der Waals surface area contributed by atoms with E-state index in [9.17, 15) is 9.59 Å². The summed E-state index contributed by atoms with van der Waals surface area (Å²) < 4.78 is 5.27. The number of aromatic nitrogens is 2. The molecule has 6 heteroatoms. The van der Waals surface area contributed by atoms with Gasteiger partial charge in [0.05, 0.1) is 7.11 Å². The quantitative estimate of drug-likeness (QED) is 0.451. The molecule has 2 aromatic heterocycles. The van der Waals surface area contributed by atoms with E-state index in [4.69, 9.17) is 4.74 Å². The van der Waals surface area contributed by atoms with Crippen LogP contribution in [0.5, 0.6) is 0 Å². The zero-order chi connectivity index (χ0) is 22.7. The maximum Gasteiger partial charge on any atom is 0.336 e. The lowest BCUT2D eigenvalue weighted by Crippen LogP contribution is -2.54. The Hall–Kier alpha value is -3.93. The minimum absolute atomic E-state index is 0.223. The highest BCUT2D eigenvalue weighted by atomic mass is 16.5. The summed E-state index contributed by atoms with van der Waals surface area (Å²) in [4.78, 5) is 34.1. The molecule has 0 spiro atoms. The first kappa shape index (κ1) is 21.3. The predicted molar refractivity (Wildman–Crippen MR) is 123 cm³/mol. The van der Waals surface area contributed by atoms with Crippen molar-refractivity contribution >= 4 is 22.8 Å². The molecule has 0 saturated heterocycles. The van der Waals surface area contributed by atoms with Gasteiger partial charge in [-0.25, -0.2) is 4.79 Å². The number of methoxy groups -OCH3 is 1. The Kier molecular flexibility index (Phi) is 5.77. The number of nitrogens with one attached hydrogen (secondary N) is 2. The second-order valence-electron chi connectivity index (χ2n) is 7.99. The van der Waals surface area contributed by atoms with Crippen LogP contribution in [0.3, 0.4) is 0 Å². The SMILES string of the molecule is COC(=O)C(Cc1cc(C)cc(C)c1)(NC(=O)c1ccccn1)c1c[nH]c2ccccc12. The van der Waals surface area contributed by atoms with Gasteiger partial charge in [-0.05, 0) is 37.6 Å². The summed E-state index contributed by atoms with van der Waals surface area (Å²) in [5, 5.41) is 3.82. The van der Waals surface area contributed by atoms with E-state index < -0.39 is 17.4 Å². The lowest BCUT2D eigenvalue weighted by Gasteiger charge is -2.32. The van der Waals surface area contributed by atoms with E-state index in [1.54, 1.807) is 30.6 Å². The molecule has 2 N–H and O–H groups in total. The number of nitrogens with zero attached hydrogens (tertiary/aromatic N) is 1. The highest BCUT2D eigenvalue weighted by Gasteiger charge is 2.45. The van der Waals surface area contributed by atoms with Crippen LogP contribution in [-0.2, 0) is 21.5 Å². The van der Waals surface area contributed by atoms with Gasteiger partial charge in [0.2, 0.25) is 0 Å². The highest BCUT2D eigenvalue weighted by molar-refractivity contribution is 6.00. The van der Waals surface area contributed by atoms with Gasteiger partial charge >= 0.3 is 5.97 Å². The third-order valence-corrected chi connectivity index (χ3v) is 5.56. The van der Waals surface area contributed by atoms with Gasteiger partial charge in [-0.1, -0.05) is 53.6 Å². The molecule has 0 bridgehead atoms. The third-order valence-electron chi connectivity index (χ3n) is 5.56. The van der Waals surface area contributed by atoms with Crippen molar-refractivity contribution in [3.05, 3.63) is 101 Å². The summed E-state index contributed by atoms with van der Waals surface area (Å²) in [5.74, 6) is -1.00. The fourth-order valence-corrected chi connectivity index (χ4v) is 4.27. The van der Waals surface area contributed by atoms with Crippen LogP contribution < -0.4 is 5.32 Å². The maximum atomic E-state index is 13.4. The molecule has 4 rings (SSSR count). The van der Waals surface area contributed by atoms with Crippen LogP contribution in [0.25, 0.3) is 10.9 Å². The second kappa shape index (κ2) is 8.67. The van der Waals surface area contributed by atoms with Crippen molar-refractivity contribution in [1.29, 1.82) is 0 Å². The summed E-state index contributed by atoms with van der Waals surface area (Å²) in [5.41, 5.74) is 3.35. The Bertz CT molecular complexity index is 1260.